The number of hydrogen-bond acceptors (Lipinski definition) is 8. The van der Waals surface area contributed by atoms with E-state index in [1.165, 1.54) is 13.0 Å². The smallest absolute Gasteiger partial charge is 0.246 e. The van der Waals surface area contributed by atoms with Gasteiger partial charge in [-0.25, -0.2) is 0 Å². The second-order valence-corrected chi connectivity index (χ2v) is 10.6. The zero-order valence-corrected chi connectivity index (χ0v) is 24.9. The normalized spacial score (nSPS) is 14.5. The number of methoxy groups -OCH3 is 3. The Bertz CT molecular complexity index is 1510. The lowest BCUT2D eigenvalue weighted by atomic mass is 9.95. The first-order valence-corrected chi connectivity index (χ1v) is 13.9. The van der Waals surface area contributed by atoms with Crippen LogP contribution in [0.3, 0.4) is 0 Å². The van der Waals surface area contributed by atoms with E-state index in [9.17, 15) is 14.4 Å². The van der Waals surface area contributed by atoms with Crippen molar-refractivity contribution in [2.24, 2.45) is 5.92 Å². The molecule has 42 heavy (non-hydrogen) atoms. The predicted molar refractivity (Wildman–Crippen MR) is 162 cm³/mol. The van der Waals surface area contributed by atoms with Crippen LogP contribution in [0.5, 0.6) is 17.2 Å². The molecule has 10 heteroatoms. The molecule has 2 aromatic carbocycles. The van der Waals surface area contributed by atoms with Crippen molar-refractivity contribution in [2.45, 2.75) is 52.1 Å². The highest BCUT2D eigenvalue weighted by Gasteiger charge is 2.30. The number of rotatable bonds is 10. The van der Waals surface area contributed by atoms with Gasteiger partial charge in [0.05, 0.1) is 33.1 Å². The number of nitrogens with one attached hydrogen (secondary N) is 3. The predicted octanol–water partition coefficient (Wildman–Crippen LogP) is 4.72. The van der Waals surface area contributed by atoms with Crippen molar-refractivity contribution in [3.8, 4) is 28.4 Å². The van der Waals surface area contributed by atoms with E-state index >= 15 is 0 Å². The van der Waals surface area contributed by atoms with Crippen LogP contribution in [0.1, 0.15) is 50.8 Å². The van der Waals surface area contributed by atoms with Crippen LogP contribution in [0, 0.1) is 5.92 Å². The van der Waals surface area contributed by atoms with Crippen molar-refractivity contribution in [1.29, 1.82) is 0 Å². The second-order valence-electron chi connectivity index (χ2n) is 10.6. The zero-order chi connectivity index (χ0) is 30.4. The maximum absolute atomic E-state index is 13.7. The standard InChI is InChI=1S/C32H38N4O6/c1-18(2)15-26(32(39)35-21-11-13-33-14-12-21)36-25-10-8-22-23(17-27(25)38)24(34-19(3)37)9-7-20-16-28(40-4)30(41-5)31(42-6)29(20)22/h8,10-14,16-18,24,26H,7,9,15H2,1-6H3,(H,34,37)(H,36,38)(H,33,35,39). The topological polar surface area (TPSA) is 128 Å². The summed E-state index contributed by atoms with van der Waals surface area (Å²) in [4.78, 5) is 43.3. The lowest BCUT2D eigenvalue weighted by molar-refractivity contribution is -0.120. The molecule has 0 spiro atoms. The molecule has 1 aliphatic carbocycles. The fraction of sp³-hybridized carbons (Fsp3) is 0.375. The van der Waals surface area contributed by atoms with Gasteiger partial charge in [0, 0.05) is 30.6 Å². The van der Waals surface area contributed by atoms with Crippen LogP contribution in [0.2, 0.25) is 0 Å². The molecule has 3 N–H and O–H groups in total. The minimum absolute atomic E-state index is 0.178. The first kappa shape index (κ1) is 30.4. The van der Waals surface area contributed by atoms with Crippen molar-refractivity contribution < 1.29 is 23.8 Å². The quantitative estimate of drug-likeness (QED) is 0.317. The summed E-state index contributed by atoms with van der Waals surface area (Å²) < 4.78 is 17.1. The monoisotopic (exact) mass is 574 g/mol. The average Bonchev–Trinajstić information content (AvgIpc) is 3.20. The minimum Gasteiger partial charge on any atom is -0.493 e. The lowest BCUT2D eigenvalue weighted by Crippen LogP contribution is -2.37. The lowest BCUT2D eigenvalue weighted by Gasteiger charge is -2.20. The van der Waals surface area contributed by atoms with Gasteiger partial charge in [0.25, 0.3) is 0 Å². The van der Waals surface area contributed by atoms with Gasteiger partial charge in [-0.15, -0.1) is 0 Å². The Balaban J connectivity index is 1.86. The van der Waals surface area contributed by atoms with Crippen LogP contribution in [0.15, 0.2) is 53.6 Å². The molecule has 2 atom stereocenters. The molecule has 0 fully saturated rings. The molecule has 0 saturated carbocycles. The van der Waals surface area contributed by atoms with Crippen LogP contribution in [-0.2, 0) is 16.0 Å². The summed E-state index contributed by atoms with van der Waals surface area (Å²) >= 11 is 0. The number of aromatic nitrogens is 1. The molecular weight excluding hydrogens is 536 g/mol. The van der Waals surface area contributed by atoms with E-state index in [2.05, 4.69) is 20.9 Å². The summed E-state index contributed by atoms with van der Waals surface area (Å²) in [5, 5.41) is 9.12. The molecule has 1 heterocycles. The summed E-state index contributed by atoms with van der Waals surface area (Å²) in [7, 11) is 4.66. The Kier molecular flexibility index (Phi) is 9.67. The van der Waals surface area contributed by atoms with E-state index in [0.717, 1.165) is 11.1 Å². The molecule has 10 nitrogen and oxygen atoms in total. The molecule has 0 saturated heterocycles. The van der Waals surface area contributed by atoms with Gasteiger partial charge in [-0.3, -0.25) is 19.4 Å². The van der Waals surface area contributed by atoms with Gasteiger partial charge in [0.15, 0.2) is 11.5 Å². The number of nitrogens with zero attached hydrogens (tertiary/aromatic N) is 1. The number of pyridine rings is 1. The highest BCUT2D eigenvalue weighted by Crippen LogP contribution is 2.50. The Morgan fingerprint density at radius 2 is 1.71 bits per heavy atom. The fourth-order valence-electron chi connectivity index (χ4n) is 5.38. The van der Waals surface area contributed by atoms with E-state index in [-0.39, 0.29) is 28.8 Å². The summed E-state index contributed by atoms with van der Waals surface area (Å²) in [6, 6.07) is 9.27. The molecule has 2 unspecified atom stereocenters. The third-order valence-electron chi connectivity index (χ3n) is 7.22. The molecule has 222 valence electrons. The Morgan fingerprint density at radius 3 is 2.33 bits per heavy atom. The van der Waals surface area contributed by atoms with Gasteiger partial charge in [-0.05, 0) is 72.2 Å². The van der Waals surface area contributed by atoms with Gasteiger partial charge in [0.2, 0.25) is 23.0 Å². The number of hydrogen-bond donors (Lipinski definition) is 3. The molecule has 1 aromatic heterocycles. The third-order valence-corrected chi connectivity index (χ3v) is 7.22. The highest BCUT2D eigenvalue weighted by atomic mass is 16.5. The molecule has 0 aliphatic heterocycles. The first-order chi connectivity index (χ1) is 20.2. The fourth-order valence-corrected chi connectivity index (χ4v) is 5.38. The van der Waals surface area contributed by atoms with Crippen molar-refractivity contribution >= 4 is 23.2 Å². The molecule has 0 radical (unpaired) electrons. The van der Waals surface area contributed by atoms with Gasteiger partial charge in [0.1, 0.15) is 6.04 Å². The minimum atomic E-state index is -0.676. The summed E-state index contributed by atoms with van der Waals surface area (Å²) in [5.41, 5.74) is 3.63. The SMILES string of the molecule is COc1cc2c(c(OC)c1OC)-c1ccc(NC(CC(C)C)C(=O)Nc3ccncc3)c(=O)cc1C(NC(C)=O)CC2. The largest absolute Gasteiger partial charge is 0.493 e. The van der Waals surface area contributed by atoms with Crippen LogP contribution in [-0.4, -0.2) is 44.2 Å². The number of amides is 2. The van der Waals surface area contributed by atoms with E-state index in [4.69, 9.17) is 14.2 Å². The van der Waals surface area contributed by atoms with Gasteiger partial charge >= 0.3 is 0 Å². The maximum atomic E-state index is 13.7. The van der Waals surface area contributed by atoms with Crippen molar-refractivity contribution in [1.82, 2.24) is 10.3 Å². The van der Waals surface area contributed by atoms with Gasteiger partial charge in [-0.1, -0.05) is 19.9 Å². The number of anilines is 2. The molecule has 1 aliphatic rings. The van der Waals surface area contributed by atoms with E-state index in [1.54, 1.807) is 51.9 Å². The van der Waals surface area contributed by atoms with Crippen molar-refractivity contribution in [3.05, 3.63) is 70.1 Å². The Labute approximate surface area is 245 Å². The molecule has 0 bridgehead atoms. The van der Waals surface area contributed by atoms with Crippen LogP contribution in [0.25, 0.3) is 11.1 Å². The number of fused-ring (bicyclic) bond motifs is 3. The van der Waals surface area contributed by atoms with Crippen LogP contribution in [0.4, 0.5) is 11.4 Å². The maximum Gasteiger partial charge on any atom is 0.246 e. The van der Waals surface area contributed by atoms with Crippen LogP contribution < -0.4 is 35.6 Å². The highest BCUT2D eigenvalue weighted by molar-refractivity contribution is 5.96. The van der Waals surface area contributed by atoms with Gasteiger partial charge in [-0.2, -0.15) is 0 Å². The number of carbonyl (C=O) groups is 2. The first-order valence-electron chi connectivity index (χ1n) is 13.9. The molecule has 4 rings (SSSR count). The summed E-state index contributed by atoms with van der Waals surface area (Å²) in [5.74, 6) is 1.14. The zero-order valence-electron chi connectivity index (χ0n) is 24.9. The number of carbonyl (C=O) groups excluding carboxylic acids is 2. The molecule has 2 amide bonds. The van der Waals surface area contributed by atoms with Crippen molar-refractivity contribution in [2.75, 3.05) is 32.0 Å². The third kappa shape index (κ3) is 6.64. The Hall–Kier alpha value is -4.60. The van der Waals surface area contributed by atoms with E-state index in [0.29, 0.717) is 53.3 Å². The Morgan fingerprint density at radius 1 is 1.00 bits per heavy atom. The number of benzene rings is 1. The van der Waals surface area contributed by atoms with E-state index in [1.807, 2.05) is 26.0 Å². The van der Waals surface area contributed by atoms with Crippen molar-refractivity contribution in [3.63, 3.8) is 0 Å². The van der Waals surface area contributed by atoms with Crippen LogP contribution >= 0.6 is 0 Å². The second kappa shape index (κ2) is 13.4. The van der Waals surface area contributed by atoms with E-state index < -0.39 is 12.1 Å². The number of aryl methyl sites for hydroxylation is 1. The summed E-state index contributed by atoms with van der Waals surface area (Å²) in [6.45, 7) is 5.49. The average molecular weight is 575 g/mol. The molecule has 3 aromatic rings. The molecular formula is C32H38N4O6. The van der Waals surface area contributed by atoms with Gasteiger partial charge < -0.3 is 30.2 Å². The number of ether oxygens (including phenoxy) is 3. The summed E-state index contributed by atoms with van der Waals surface area (Å²) in [6.07, 6.45) is 4.84.